The van der Waals surface area contributed by atoms with Crippen LogP contribution in [0.3, 0.4) is 0 Å². The molecule has 0 unspecified atom stereocenters. The van der Waals surface area contributed by atoms with Crippen LogP contribution in [-0.4, -0.2) is 28.6 Å². The summed E-state index contributed by atoms with van der Waals surface area (Å²) in [5.41, 5.74) is 2.99. The molecule has 0 heterocycles. The number of amides is 2. The maximum absolute atomic E-state index is 12.3. The van der Waals surface area contributed by atoms with Gasteiger partial charge in [-0.25, -0.2) is 4.79 Å². The number of aryl methyl sites for hydroxylation is 1. The number of rotatable bonds is 8. The van der Waals surface area contributed by atoms with Gasteiger partial charge in [-0.3, -0.25) is 9.59 Å². The summed E-state index contributed by atoms with van der Waals surface area (Å²) < 4.78 is 0. The van der Waals surface area contributed by atoms with Gasteiger partial charge in [-0.05, 0) is 60.5 Å². The standard InChI is InChI=1S/C25H22N2O4S/c1-17-7-9-19(25(30)31)15-22(17)27-24(29)16-32-21-12-10-20(11-13-21)26-23(28)14-8-18-5-3-2-4-6-18/h2-15H,16H2,1H3,(H,26,28)(H,27,29)(H,30,31)/b14-8+. The number of thioether (sulfide) groups is 1. The molecule has 3 rings (SSSR count). The predicted octanol–water partition coefficient (Wildman–Crippen LogP) is 5.08. The van der Waals surface area contributed by atoms with E-state index >= 15 is 0 Å². The molecule has 6 nitrogen and oxygen atoms in total. The van der Waals surface area contributed by atoms with Gasteiger partial charge >= 0.3 is 5.97 Å². The van der Waals surface area contributed by atoms with Gasteiger partial charge in [-0.15, -0.1) is 11.8 Å². The van der Waals surface area contributed by atoms with Gasteiger partial charge in [-0.2, -0.15) is 0 Å². The third kappa shape index (κ3) is 6.85. The van der Waals surface area contributed by atoms with E-state index in [-0.39, 0.29) is 23.1 Å². The molecule has 0 saturated carbocycles. The number of nitrogens with one attached hydrogen (secondary N) is 2. The molecule has 162 valence electrons. The van der Waals surface area contributed by atoms with Gasteiger partial charge in [0.15, 0.2) is 0 Å². The summed E-state index contributed by atoms with van der Waals surface area (Å²) in [7, 11) is 0. The molecule has 0 aliphatic heterocycles. The zero-order valence-corrected chi connectivity index (χ0v) is 18.2. The van der Waals surface area contributed by atoms with E-state index in [0.717, 1.165) is 16.0 Å². The second-order valence-electron chi connectivity index (χ2n) is 6.93. The molecule has 3 N–H and O–H groups in total. The highest BCUT2D eigenvalue weighted by molar-refractivity contribution is 8.00. The SMILES string of the molecule is Cc1ccc(C(=O)O)cc1NC(=O)CSc1ccc(NC(=O)/C=C/c2ccccc2)cc1. The third-order valence-electron chi connectivity index (χ3n) is 4.48. The van der Waals surface area contributed by atoms with E-state index in [1.54, 1.807) is 31.2 Å². The molecule has 0 bridgehead atoms. The molecule has 0 aliphatic rings. The number of carboxylic acid groups (broad SMARTS) is 1. The summed E-state index contributed by atoms with van der Waals surface area (Å²) in [6.07, 6.45) is 3.22. The third-order valence-corrected chi connectivity index (χ3v) is 5.49. The Morgan fingerprint density at radius 2 is 1.66 bits per heavy atom. The first kappa shape index (κ1) is 22.8. The lowest BCUT2D eigenvalue weighted by Gasteiger charge is -2.09. The zero-order chi connectivity index (χ0) is 22.9. The van der Waals surface area contributed by atoms with Gasteiger partial charge in [-0.1, -0.05) is 36.4 Å². The Kier molecular flexibility index (Phi) is 7.83. The van der Waals surface area contributed by atoms with Gasteiger partial charge in [0, 0.05) is 22.3 Å². The van der Waals surface area contributed by atoms with Crippen LogP contribution >= 0.6 is 11.8 Å². The smallest absolute Gasteiger partial charge is 0.335 e. The maximum Gasteiger partial charge on any atom is 0.335 e. The van der Waals surface area contributed by atoms with Crippen molar-refractivity contribution in [3.8, 4) is 0 Å². The van der Waals surface area contributed by atoms with E-state index in [1.165, 1.54) is 30.0 Å². The Hall–Kier alpha value is -3.84. The minimum atomic E-state index is -1.04. The summed E-state index contributed by atoms with van der Waals surface area (Å²) >= 11 is 1.34. The Bertz CT molecular complexity index is 1140. The van der Waals surface area contributed by atoms with Crippen molar-refractivity contribution in [2.45, 2.75) is 11.8 Å². The van der Waals surface area contributed by atoms with Crippen LogP contribution < -0.4 is 10.6 Å². The fourth-order valence-corrected chi connectivity index (χ4v) is 3.48. The van der Waals surface area contributed by atoms with Gasteiger partial charge < -0.3 is 15.7 Å². The number of carbonyl (C=O) groups excluding carboxylic acids is 2. The van der Waals surface area contributed by atoms with Crippen LogP contribution in [-0.2, 0) is 9.59 Å². The minimum absolute atomic E-state index is 0.120. The van der Waals surface area contributed by atoms with Crippen molar-refractivity contribution in [3.05, 3.63) is 95.6 Å². The van der Waals surface area contributed by atoms with Crippen molar-refractivity contribution >= 4 is 47.0 Å². The van der Waals surface area contributed by atoms with Crippen LogP contribution in [0.1, 0.15) is 21.5 Å². The number of carbonyl (C=O) groups is 3. The van der Waals surface area contributed by atoms with Crippen LogP contribution in [0.25, 0.3) is 6.08 Å². The number of aromatic carboxylic acids is 1. The summed E-state index contributed by atoms with van der Waals surface area (Å²) in [6, 6.07) is 21.4. The van der Waals surface area contributed by atoms with Crippen molar-refractivity contribution in [3.63, 3.8) is 0 Å². The zero-order valence-electron chi connectivity index (χ0n) is 17.4. The first-order valence-corrected chi connectivity index (χ1v) is 10.8. The quantitative estimate of drug-likeness (QED) is 0.331. The van der Waals surface area contributed by atoms with Crippen LogP contribution in [0, 0.1) is 6.92 Å². The van der Waals surface area contributed by atoms with Crippen molar-refractivity contribution in [2.24, 2.45) is 0 Å². The average Bonchev–Trinajstić information content (AvgIpc) is 2.79. The molecule has 0 atom stereocenters. The van der Waals surface area contributed by atoms with E-state index in [2.05, 4.69) is 10.6 Å². The van der Waals surface area contributed by atoms with Crippen LogP contribution in [0.15, 0.2) is 83.8 Å². The van der Waals surface area contributed by atoms with Crippen molar-refractivity contribution in [1.82, 2.24) is 0 Å². The lowest BCUT2D eigenvalue weighted by Crippen LogP contribution is -2.15. The highest BCUT2D eigenvalue weighted by atomic mass is 32.2. The first-order chi connectivity index (χ1) is 15.4. The largest absolute Gasteiger partial charge is 0.478 e. The molecule has 0 spiro atoms. The summed E-state index contributed by atoms with van der Waals surface area (Å²) in [5.74, 6) is -1.34. The maximum atomic E-state index is 12.3. The van der Waals surface area contributed by atoms with Gasteiger partial charge in [0.2, 0.25) is 11.8 Å². The van der Waals surface area contributed by atoms with Gasteiger partial charge in [0.1, 0.15) is 0 Å². The van der Waals surface area contributed by atoms with E-state index in [0.29, 0.717) is 11.4 Å². The number of hydrogen-bond donors (Lipinski definition) is 3. The molecule has 3 aromatic rings. The molecule has 0 radical (unpaired) electrons. The summed E-state index contributed by atoms with van der Waals surface area (Å²) in [5, 5.41) is 14.6. The molecule has 32 heavy (non-hydrogen) atoms. The Morgan fingerprint density at radius 1 is 0.938 bits per heavy atom. The van der Waals surface area contributed by atoms with Crippen molar-refractivity contribution in [1.29, 1.82) is 0 Å². The van der Waals surface area contributed by atoms with Crippen molar-refractivity contribution < 1.29 is 19.5 Å². The molecular weight excluding hydrogens is 424 g/mol. The van der Waals surface area contributed by atoms with Gasteiger partial charge in [0.05, 0.1) is 11.3 Å². The first-order valence-electron chi connectivity index (χ1n) is 9.81. The molecule has 0 fully saturated rings. The minimum Gasteiger partial charge on any atom is -0.478 e. The lowest BCUT2D eigenvalue weighted by molar-refractivity contribution is -0.114. The highest BCUT2D eigenvalue weighted by Gasteiger charge is 2.10. The Balaban J connectivity index is 1.50. The second kappa shape index (κ2) is 11.0. The van der Waals surface area contributed by atoms with Crippen molar-refractivity contribution in [2.75, 3.05) is 16.4 Å². The number of carboxylic acids is 1. The fourth-order valence-electron chi connectivity index (χ4n) is 2.78. The predicted molar refractivity (Wildman–Crippen MR) is 128 cm³/mol. The van der Waals surface area contributed by atoms with E-state index < -0.39 is 5.97 Å². The van der Waals surface area contributed by atoms with Crippen LogP contribution in [0.4, 0.5) is 11.4 Å². The Morgan fingerprint density at radius 3 is 2.34 bits per heavy atom. The van der Waals surface area contributed by atoms with E-state index in [9.17, 15) is 14.4 Å². The molecular formula is C25H22N2O4S. The van der Waals surface area contributed by atoms with E-state index in [1.807, 2.05) is 42.5 Å². The van der Waals surface area contributed by atoms with Crippen LogP contribution in [0.2, 0.25) is 0 Å². The monoisotopic (exact) mass is 446 g/mol. The molecule has 0 aromatic heterocycles. The number of hydrogen-bond acceptors (Lipinski definition) is 4. The second-order valence-corrected chi connectivity index (χ2v) is 7.98. The number of benzene rings is 3. The average molecular weight is 447 g/mol. The summed E-state index contributed by atoms with van der Waals surface area (Å²) in [4.78, 5) is 36.3. The van der Waals surface area contributed by atoms with Gasteiger partial charge in [0.25, 0.3) is 0 Å². The topological polar surface area (TPSA) is 95.5 Å². The van der Waals surface area contributed by atoms with Crippen LogP contribution in [0.5, 0.6) is 0 Å². The lowest BCUT2D eigenvalue weighted by atomic mass is 10.1. The fraction of sp³-hybridized carbons (Fsp3) is 0.0800. The Labute approximate surface area is 190 Å². The molecule has 3 aromatic carbocycles. The molecule has 2 amide bonds. The molecule has 0 saturated heterocycles. The molecule has 7 heteroatoms. The normalized spacial score (nSPS) is 10.7. The number of anilines is 2. The molecule has 0 aliphatic carbocycles. The van der Waals surface area contributed by atoms with E-state index in [4.69, 9.17) is 5.11 Å². The summed E-state index contributed by atoms with van der Waals surface area (Å²) in [6.45, 7) is 1.80. The highest BCUT2D eigenvalue weighted by Crippen LogP contribution is 2.22.